The molecule has 3 rings (SSSR count). The van der Waals surface area contributed by atoms with Crippen LogP contribution in [0.5, 0.6) is 11.5 Å². The number of nitrogens with one attached hydrogen (secondary N) is 1. The molecule has 0 fully saturated rings. The Labute approximate surface area is 158 Å². The molecule has 1 aromatic carbocycles. The lowest BCUT2D eigenvalue weighted by Gasteiger charge is -2.34. The van der Waals surface area contributed by atoms with Crippen molar-refractivity contribution < 1.29 is 23.4 Å². The summed E-state index contributed by atoms with van der Waals surface area (Å²) in [6, 6.07) is 7.23. The molecule has 0 amide bonds. The number of nitrogens with two attached hydrogens (primary N) is 1. The van der Waals surface area contributed by atoms with Crippen LogP contribution in [0.3, 0.4) is 0 Å². The molecule has 0 saturated carbocycles. The van der Waals surface area contributed by atoms with E-state index in [-0.39, 0.29) is 0 Å². The van der Waals surface area contributed by atoms with Gasteiger partial charge in [0.1, 0.15) is 11.5 Å². The second kappa shape index (κ2) is 7.78. The lowest BCUT2D eigenvalue weighted by atomic mass is 10.1. The summed E-state index contributed by atoms with van der Waals surface area (Å²) in [5.41, 5.74) is 2.88. The zero-order valence-corrected chi connectivity index (χ0v) is 16.6. The molecule has 2 aromatic rings. The highest BCUT2D eigenvalue weighted by atomic mass is 31.1. The Morgan fingerprint density at radius 1 is 1.33 bits per heavy atom. The van der Waals surface area contributed by atoms with E-state index >= 15 is 0 Å². The molecule has 0 bridgehead atoms. The van der Waals surface area contributed by atoms with Crippen LogP contribution in [0.2, 0.25) is 0 Å². The van der Waals surface area contributed by atoms with Crippen molar-refractivity contribution in [2.24, 2.45) is 5.90 Å². The summed E-state index contributed by atoms with van der Waals surface area (Å²) in [5, 5.41) is 3.19. The van der Waals surface area contributed by atoms with Gasteiger partial charge in [0.2, 0.25) is 5.79 Å². The fourth-order valence-corrected chi connectivity index (χ4v) is 3.67. The predicted molar refractivity (Wildman–Crippen MR) is 101 cm³/mol. The molecule has 0 spiro atoms. The summed E-state index contributed by atoms with van der Waals surface area (Å²) in [4.78, 5) is 4.40. The first-order valence-electron chi connectivity index (χ1n) is 8.40. The van der Waals surface area contributed by atoms with E-state index in [0.717, 1.165) is 22.7 Å². The van der Waals surface area contributed by atoms with E-state index in [4.69, 9.17) is 20.1 Å². The molecule has 3 N–H and O–H groups in total. The van der Waals surface area contributed by atoms with Crippen LogP contribution in [0.4, 0.5) is 5.69 Å². The minimum atomic E-state index is -2.27. The maximum atomic E-state index is 12.5. The van der Waals surface area contributed by atoms with E-state index in [1.165, 1.54) is 0 Å². The van der Waals surface area contributed by atoms with E-state index in [0.29, 0.717) is 17.9 Å². The average Bonchev–Trinajstić information content (AvgIpc) is 2.66. The first-order valence-corrected chi connectivity index (χ1v) is 9.64. The van der Waals surface area contributed by atoms with Gasteiger partial charge in [-0.25, -0.2) is 0 Å². The minimum Gasteiger partial charge on any atom is -0.497 e. The molecule has 1 aliphatic rings. The van der Waals surface area contributed by atoms with Crippen molar-refractivity contribution in [3.63, 3.8) is 0 Å². The largest absolute Gasteiger partial charge is 0.556 e. The molecule has 9 heteroatoms. The first-order chi connectivity index (χ1) is 12.8. The van der Waals surface area contributed by atoms with Crippen LogP contribution in [0, 0.1) is 6.92 Å². The first kappa shape index (κ1) is 19.5. The fourth-order valence-electron chi connectivity index (χ4n) is 2.84. The molecule has 1 aliphatic heterocycles. The number of rotatable bonds is 6. The van der Waals surface area contributed by atoms with Crippen LogP contribution >= 0.6 is 8.03 Å². The van der Waals surface area contributed by atoms with Crippen molar-refractivity contribution in [2.45, 2.75) is 38.9 Å². The molecule has 0 radical (unpaired) electrons. The van der Waals surface area contributed by atoms with E-state index < -0.39 is 19.6 Å². The molecule has 2 heterocycles. The number of aryl methyl sites for hydroxylation is 1. The van der Waals surface area contributed by atoms with Gasteiger partial charge in [-0.1, -0.05) is 4.62 Å². The third-order valence-corrected chi connectivity index (χ3v) is 5.30. The molecule has 2 atom stereocenters. The highest BCUT2D eigenvalue weighted by Gasteiger charge is 2.40. The number of anilines is 1. The van der Waals surface area contributed by atoms with Gasteiger partial charge in [0.05, 0.1) is 25.0 Å². The van der Waals surface area contributed by atoms with Crippen LogP contribution in [-0.4, -0.2) is 17.9 Å². The molecule has 8 nitrogen and oxygen atoms in total. The number of fused-ring (bicyclic) bond motifs is 1. The third kappa shape index (κ3) is 4.20. The molecule has 1 aromatic heterocycles. The van der Waals surface area contributed by atoms with E-state index in [1.54, 1.807) is 25.4 Å². The number of ether oxygens (including phenoxy) is 3. The monoisotopic (exact) mass is 392 g/mol. The number of pyridine rings is 1. The topological polar surface area (TPSA) is 105 Å². The van der Waals surface area contributed by atoms with Crippen molar-refractivity contribution in [1.82, 2.24) is 4.98 Å². The van der Waals surface area contributed by atoms with Gasteiger partial charge >= 0.3 is 8.03 Å². The van der Waals surface area contributed by atoms with Gasteiger partial charge in [-0.2, -0.15) is 5.90 Å². The minimum absolute atomic E-state index is 0.301. The smallest absolute Gasteiger partial charge is 0.497 e. The number of hydrogen-bond donors (Lipinski definition) is 2. The van der Waals surface area contributed by atoms with Gasteiger partial charge in [-0.15, -0.1) is 0 Å². The Hall–Kier alpha value is -2.25. The summed E-state index contributed by atoms with van der Waals surface area (Å²) < 4.78 is 34.1. The summed E-state index contributed by atoms with van der Waals surface area (Å²) in [5.74, 6) is 5.09. The molecule has 0 aliphatic carbocycles. The normalized spacial score (nSPS) is 16.7. The van der Waals surface area contributed by atoms with Gasteiger partial charge in [0, 0.05) is 31.3 Å². The Morgan fingerprint density at radius 3 is 2.67 bits per heavy atom. The highest BCUT2D eigenvalue weighted by Crippen LogP contribution is 2.46. The van der Waals surface area contributed by atoms with Crippen molar-refractivity contribution in [3.05, 3.63) is 47.3 Å². The fraction of sp³-hybridized carbons (Fsp3) is 0.389. The summed E-state index contributed by atoms with van der Waals surface area (Å²) in [7, 11) is -0.674. The third-order valence-electron chi connectivity index (χ3n) is 4.26. The quantitative estimate of drug-likeness (QED) is 0.565. The van der Waals surface area contributed by atoms with Gasteiger partial charge in [0.25, 0.3) is 5.78 Å². The van der Waals surface area contributed by atoms with Crippen molar-refractivity contribution in [2.75, 3.05) is 12.4 Å². The second-order valence-corrected chi connectivity index (χ2v) is 7.86. The Kier molecular flexibility index (Phi) is 5.62. The standard InChI is InChI=1S/C18H23N3O5P/c1-11-16-15(10-24-18(2,3)25-16)14(9-20-11)17(27(22)26-19)21-12-5-7-13(23-4)8-6-12/h5-9,17,21H,10,19H2,1-4H3/q+1. The molecule has 144 valence electrons. The van der Waals surface area contributed by atoms with Crippen molar-refractivity contribution in [1.29, 1.82) is 0 Å². The van der Waals surface area contributed by atoms with Crippen LogP contribution < -0.4 is 20.7 Å². The molecular formula is C18H23N3O5P+. The van der Waals surface area contributed by atoms with Crippen LogP contribution in [0.15, 0.2) is 30.5 Å². The van der Waals surface area contributed by atoms with E-state index in [9.17, 15) is 4.57 Å². The number of aromatic nitrogens is 1. The average molecular weight is 392 g/mol. The SMILES string of the molecule is COc1ccc(NC(c2cnc(C)c3c2COC(C)(C)O3)[P+](=O)ON)cc1. The zero-order valence-electron chi connectivity index (χ0n) is 15.7. The van der Waals surface area contributed by atoms with Crippen LogP contribution in [-0.2, 0) is 20.5 Å². The lowest BCUT2D eigenvalue weighted by molar-refractivity contribution is -0.180. The number of hydrogen-bond acceptors (Lipinski definition) is 8. The summed E-state index contributed by atoms with van der Waals surface area (Å²) >= 11 is 0. The zero-order chi connectivity index (χ0) is 19.6. The Morgan fingerprint density at radius 2 is 2.04 bits per heavy atom. The van der Waals surface area contributed by atoms with E-state index in [2.05, 4.69) is 14.9 Å². The Bertz CT molecular complexity index is 842. The van der Waals surface area contributed by atoms with E-state index in [1.807, 2.05) is 32.9 Å². The number of nitrogens with zero attached hydrogens (tertiary/aromatic N) is 1. The van der Waals surface area contributed by atoms with Crippen LogP contribution in [0.25, 0.3) is 0 Å². The predicted octanol–water partition coefficient (Wildman–Crippen LogP) is 3.79. The van der Waals surface area contributed by atoms with Gasteiger partial charge in [0.15, 0.2) is 0 Å². The Balaban J connectivity index is 1.99. The molecular weight excluding hydrogens is 369 g/mol. The van der Waals surface area contributed by atoms with Gasteiger partial charge in [-0.05, 0) is 35.8 Å². The van der Waals surface area contributed by atoms with Crippen molar-refractivity contribution in [3.8, 4) is 11.5 Å². The lowest BCUT2D eigenvalue weighted by Crippen LogP contribution is -2.36. The molecule has 0 saturated heterocycles. The second-order valence-electron chi connectivity index (χ2n) is 6.56. The van der Waals surface area contributed by atoms with Gasteiger partial charge < -0.3 is 19.5 Å². The number of benzene rings is 1. The molecule has 27 heavy (non-hydrogen) atoms. The van der Waals surface area contributed by atoms with Crippen molar-refractivity contribution >= 4 is 13.7 Å². The summed E-state index contributed by atoms with van der Waals surface area (Å²) in [6.07, 6.45) is 1.65. The van der Waals surface area contributed by atoms with Gasteiger partial charge in [-0.3, -0.25) is 4.98 Å². The maximum absolute atomic E-state index is 12.5. The molecule has 2 unspecified atom stereocenters. The summed E-state index contributed by atoms with van der Waals surface area (Å²) in [6.45, 7) is 5.82. The maximum Gasteiger partial charge on any atom is 0.556 e. The van der Waals surface area contributed by atoms with Crippen LogP contribution in [0.1, 0.15) is 36.5 Å². The number of methoxy groups -OCH3 is 1. The highest BCUT2D eigenvalue weighted by molar-refractivity contribution is 7.39.